The second kappa shape index (κ2) is 6.06. The molecule has 0 amide bonds. The van der Waals surface area contributed by atoms with Gasteiger partial charge in [0.1, 0.15) is 0 Å². The summed E-state index contributed by atoms with van der Waals surface area (Å²) in [5.41, 5.74) is 2.76. The van der Waals surface area contributed by atoms with Gasteiger partial charge in [-0.05, 0) is 63.4 Å². The molecule has 0 bridgehead atoms. The van der Waals surface area contributed by atoms with E-state index in [1.54, 1.807) is 0 Å². The van der Waals surface area contributed by atoms with Gasteiger partial charge >= 0.3 is 0 Å². The van der Waals surface area contributed by atoms with E-state index < -0.39 is 0 Å². The number of rotatable bonds is 4. The first-order chi connectivity index (χ1) is 8.29. The quantitative estimate of drug-likeness (QED) is 0.858. The van der Waals surface area contributed by atoms with Gasteiger partial charge in [0.05, 0.1) is 0 Å². The lowest BCUT2D eigenvalue weighted by molar-refractivity contribution is 0.378. The van der Waals surface area contributed by atoms with E-state index in [1.807, 2.05) is 7.05 Å². The fourth-order valence-corrected chi connectivity index (χ4v) is 2.65. The molecule has 0 saturated carbocycles. The summed E-state index contributed by atoms with van der Waals surface area (Å²) in [6.07, 6.45) is 4.02. The highest BCUT2D eigenvalue weighted by Gasteiger charge is 2.18. The Morgan fingerprint density at radius 3 is 2.71 bits per heavy atom. The van der Waals surface area contributed by atoms with E-state index in [0.29, 0.717) is 0 Å². The van der Waals surface area contributed by atoms with E-state index in [4.69, 9.17) is 0 Å². The molecule has 2 heteroatoms. The van der Waals surface area contributed by atoms with Crippen LogP contribution in [-0.4, -0.2) is 26.7 Å². The fraction of sp³-hybridized carbons (Fsp3) is 0.600. The summed E-state index contributed by atoms with van der Waals surface area (Å²) in [7, 11) is 2.04. The van der Waals surface area contributed by atoms with Gasteiger partial charge in [0, 0.05) is 18.8 Å². The molecule has 1 aromatic rings. The van der Waals surface area contributed by atoms with Crippen molar-refractivity contribution in [3.8, 4) is 0 Å². The van der Waals surface area contributed by atoms with E-state index in [9.17, 15) is 0 Å². The molecule has 1 heterocycles. The number of hydrogen-bond donors (Lipinski definition) is 1. The summed E-state index contributed by atoms with van der Waals surface area (Å²) >= 11 is 0. The first kappa shape index (κ1) is 12.4. The van der Waals surface area contributed by atoms with Crippen molar-refractivity contribution in [2.45, 2.75) is 26.2 Å². The van der Waals surface area contributed by atoms with Crippen LogP contribution in [0.1, 0.15) is 24.8 Å². The van der Waals surface area contributed by atoms with Crippen LogP contribution in [0.5, 0.6) is 0 Å². The maximum absolute atomic E-state index is 3.25. The van der Waals surface area contributed by atoms with Gasteiger partial charge in [0.25, 0.3) is 0 Å². The van der Waals surface area contributed by atoms with Gasteiger partial charge in [-0.2, -0.15) is 0 Å². The summed E-state index contributed by atoms with van der Waals surface area (Å²) in [5, 5.41) is 3.25. The lowest BCUT2D eigenvalue weighted by atomic mass is 9.93. The maximum atomic E-state index is 3.25. The van der Waals surface area contributed by atoms with Crippen LogP contribution in [0.15, 0.2) is 24.3 Å². The highest BCUT2D eigenvalue weighted by Crippen LogP contribution is 2.25. The van der Waals surface area contributed by atoms with Gasteiger partial charge in [-0.1, -0.05) is 12.1 Å². The van der Waals surface area contributed by atoms with Crippen molar-refractivity contribution in [1.82, 2.24) is 5.32 Å². The van der Waals surface area contributed by atoms with Crippen molar-refractivity contribution in [1.29, 1.82) is 0 Å². The van der Waals surface area contributed by atoms with Crippen LogP contribution in [0.4, 0.5) is 5.69 Å². The summed E-state index contributed by atoms with van der Waals surface area (Å²) in [5.74, 6) is 0.920. The largest absolute Gasteiger partial charge is 0.372 e. The van der Waals surface area contributed by atoms with E-state index in [-0.39, 0.29) is 0 Å². The predicted octanol–water partition coefficient (Wildman–Crippen LogP) is 2.82. The minimum Gasteiger partial charge on any atom is -0.372 e. The Balaban J connectivity index is 1.86. The fourth-order valence-electron chi connectivity index (χ4n) is 2.65. The number of hydrogen-bond acceptors (Lipinski definition) is 2. The molecule has 0 spiro atoms. The second-order valence-electron chi connectivity index (χ2n) is 5.16. The summed E-state index contributed by atoms with van der Waals surface area (Å²) < 4.78 is 0. The van der Waals surface area contributed by atoms with E-state index in [1.165, 1.54) is 43.6 Å². The Labute approximate surface area is 105 Å². The minimum absolute atomic E-state index is 0.920. The molecule has 0 radical (unpaired) electrons. The summed E-state index contributed by atoms with van der Waals surface area (Å²) in [6.45, 7) is 5.77. The van der Waals surface area contributed by atoms with Crippen LogP contribution in [0.3, 0.4) is 0 Å². The highest BCUT2D eigenvalue weighted by molar-refractivity contribution is 5.48. The third-order valence-electron chi connectivity index (χ3n) is 3.78. The molecule has 0 unspecified atom stereocenters. The molecule has 1 aliphatic rings. The van der Waals surface area contributed by atoms with Crippen LogP contribution >= 0.6 is 0 Å². The second-order valence-corrected chi connectivity index (χ2v) is 5.16. The SMILES string of the molecule is CNCCC1CCN(c2cccc(C)c2)CC1. The zero-order valence-corrected chi connectivity index (χ0v) is 11.1. The molecule has 2 nitrogen and oxygen atoms in total. The molecule has 17 heavy (non-hydrogen) atoms. The van der Waals surface area contributed by atoms with Gasteiger partial charge in [-0.3, -0.25) is 0 Å². The molecule has 0 aliphatic carbocycles. The zero-order chi connectivity index (χ0) is 12.1. The molecule has 1 saturated heterocycles. The van der Waals surface area contributed by atoms with Crippen LogP contribution in [0.25, 0.3) is 0 Å². The number of anilines is 1. The van der Waals surface area contributed by atoms with E-state index in [0.717, 1.165) is 12.5 Å². The van der Waals surface area contributed by atoms with E-state index >= 15 is 0 Å². The third-order valence-corrected chi connectivity index (χ3v) is 3.78. The van der Waals surface area contributed by atoms with Crippen molar-refractivity contribution < 1.29 is 0 Å². The maximum Gasteiger partial charge on any atom is 0.0368 e. The minimum atomic E-state index is 0.920. The molecule has 1 aliphatic heterocycles. The normalized spacial score (nSPS) is 17.4. The van der Waals surface area contributed by atoms with Gasteiger partial charge in [0.15, 0.2) is 0 Å². The molecule has 2 rings (SSSR count). The zero-order valence-electron chi connectivity index (χ0n) is 11.1. The van der Waals surface area contributed by atoms with Crippen LogP contribution in [-0.2, 0) is 0 Å². The number of nitrogens with one attached hydrogen (secondary N) is 1. The Kier molecular flexibility index (Phi) is 4.43. The molecule has 0 atom stereocenters. The van der Waals surface area contributed by atoms with Crippen LogP contribution < -0.4 is 10.2 Å². The molecule has 1 aromatic carbocycles. The van der Waals surface area contributed by atoms with Gasteiger partial charge < -0.3 is 10.2 Å². The van der Waals surface area contributed by atoms with Gasteiger partial charge in [-0.15, -0.1) is 0 Å². The molecular weight excluding hydrogens is 208 g/mol. The van der Waals surface area contributed by atoms with Crippen molar-refractivity contribution in [2.24, 2.45) is 5.92 Å². The van der Waals surface area contributed by atoms with E-state index in [2.05, 4.69) is 41.4 Å². The Bertz CT molecular complexity index is 341. The summed E-state index contributed by atoms with van der Waals surface area (Å²) in [6, 6.07) is 8.87. The topological polar surface area (TPSA) is 15.3 Å². The van der Waals surface area contributed by atoms with Crippen LogP contribution in [0.2, 0.25) is 0 Å². The number of nitrogens with zero attached hydrogens (tertiary/aromatic N) is 1. The average molecular weight is 232 g/mol. The average Bonchev–Trinajstić information content (AvgIpc) is 2.37. The summed E-state index contributed by atoms with van der Waals surface area (Å²) in [4.78, 5) is 2.53. The molecule has 1 fully saturated rings. The van der Waals surface area contributed by atoms with Gasteiger partial charge in [0.2, 0.25) is 0 Å². The number of piperidine rings is 1. The first-order valence-electron chi connectivity index (χ1n) is 6.76. The van der Waals surface area contributed by atoms with Crippen molar-refractivity contribution >= 4 is 5.69 Å². The van der Waals surface area contributed by atoms with Crippen molar-refractivity contribution in [2.75, 3.05) is 31.6 Å². The Morgan fingerprint density at radius 2 is 2.06 bits per heavy atom. The first-order valence-corrected chi connectivity index (χ1v) is 6.76. The third kappa shape index (κ3) is 3.47. The smallest absolute Gasteiger partial charge is 0.0368 e. The molecule has 94 valence electrons. The number of aryl methyl sites for hydroxylation is 1. The van der Waals surface area contributed by atoms with Gasteiger partial charge in [-0.25, -0.2) is 0 Å². The highest BCUT2D eigenvalue weighted by atomic mass is 15.1. The van der Waals surface area contributed by atoms with Crippen LogP contribution in [0, 0.1) is 12.8 Å². The lowest BCUT2D eigenvalue weighted by Gasteiger charge is -2.33. The molecular formula is C15H24N2. The predicted molar refractivity (Wildman–Crippen MR) is 74.7 cm³/mol. The molecule has 0 aromatic heterocycles. The molecule has 1 N–H and O–H groups in total. The van der Waals surface area contributed by atoms with Crippen molar-refractivity contribution in [3.63, 3.8) is 0 Å². The monoisotopic (exact) mass is 232 g/mol. The Morgan fingerprint density at radius 1 is 1.29 bits per heavy atom. The lowest BCUT2D eigenvalue weighted by Crippen LogP contribution is -2.34. The Hall–Kier alpha value is -1.02. The standard InChI is InChI=1S/C15H24N2/c1-13-4-3-5-15(12-13)17-10-7-14(8-11-17)6-9-16-2/h3-5,12,14,16H,6-11H2,1-2H3. The van der Waals surface area contributed by atoms with Crippen molar-refractivity contribution in [3.05, 3.63) is 29.8 Å². The number of benzene rings is 1.